The van der Waals surface area contributed by atoms with Gasteiger partial charge in [0.1, 0.15) is 5.75 Å². The number of rotatable bonds is 8. The van der Waals surface area contributed by atoms with Crippen LogP contribution in [0.1, 0.15) is 26.3 Å². The Labute approximate surface area is 131 Å². The average Bonchev–Trinajstić information content (AvgIpc) is 2.50. The molecule has 1 atom stereocenters. The van der Waals surface area contributed by atoms with E-state index in [0.717, 1.165) is 11.3 Å². The van der Waals surface area contributed by atoms with Crippen LogP contribution in [0.4, 0.5) is 0 Å². The first-order valence-corrected chi connectivity index (χ1v) is 7.45. The predicted molar refractivity (Wildman–Crippen MR) is 85.3 cm³/mol. The molecular weight excluding hydrogens is 282 g/mol. The van der Waals surface area contributed by atoms with Crippen molar-refractivity contribution in [2.24, 2.45) is 11.7 Å². The zero-order valence-corrected chi connectivity index (χ0v) is 13.4. The van der Waals surface area contributed by atoms with Crippen molar-refractivity contribution in [2.75, 3.05) is 13.2 Å². The highest BCUT2D eigenvalue weighted by Crippen LogP contribution is 2.12. The average molecular weight is 307 g/mol. The maximum absolute atomic E-state index is 11.7. The number of benzene rings is 1. The molecule has 6 heteroatoms. The van der Waals surface area contributed by atoms with Crippen LogP contribution in [-0.2, 0) is 16.1 Å². The van der Waals surface area contributed by atoms with Crippen molar-refractivity contribution in [2.45, 2.75) is 33.4 Å². The quantitative estimate of drug-likeness (QED) is 0.662. The van der Waals surface area contributed by atoms with Crippen LogP contribution >= 0.6 is 0 Å². The molecule has 22 heavy (non-hydrogen) atoms. The molecule has 0 unspecified atom stereocenters. The smallest absolute Gasteiger partial charge is 0.239 e. The summed E-state index contributed by atoms with van der Waals surface area (Å²) >= 11 is 0. The fourth-order valence-corrected chi connectivity index (χ4v) is 1.76. The second-order valence-electron chi connectivity index (χ2n) is 5.34. The molecule has 0 fully saturated rings. The SMILES string of the molecule is CCOc1cccc(CNC(=O)CNC(=O)[C@@H](N)C(C)C)c1. The molecule has 0 aliphatic carbocycles. The molecule has 0 saturated heterocycles. The number of nitrogens with one attached hydrogen (secondary N) is 2. The Morgan fingerprint density at radius 3 is 2.64 bits per heavy atom. The molecule has 2 amide bonds. The van der Waals surface area contributed by atoms with E-state index >= 15 is 0 Å². The fraction of sp³-hybridized carbons (Fsp3) is 0.500. The van der Waals surface area contributed by atoms with Crippen molar-refractivity contribution < 1.29 is 14.3 Å². The minimum atomic E-state index is -0.601. The first-order valence-electron chi connectivity index (χ1n) is 7.45. The second kappa shape index (κ2) is 9.04. The van der Waals surface area contributed by atoms with Crippen LogP contribution in [0.25, 0.3) is 0 Å². The Hall–Kier alpha value is -2.08. The molecule has 0 bridgehead atoms. The monoisotopic (exact) mass is 307 g/mol. The number of carbonyl (C=O) groups excluding carboxylic acids is 2. The van der Waals surface area contributed by atoms with Crippen molar-refractivity contribution in [3.05, 3.63) is 29.8 Å². The molecule has 4 N–H and O–H groups in total. The molecule has 6 nitrogen and oxygen atoms in total. The van der Waals surface area contributed by atoms with Crippen LogP contribution < -0.4 is 21.1 Å². The number of amides is 2. The Kier molecular flexibility index (Phi) is 7.39. The molecule has 0 spiro atoms. The van der Waals surface area contributed by atoms with E-state index in [2.05, 4.69) is 10.6 Å². The third-order valence-electron chi connectivity index (χ3n) is 3.14. The summed E-state index contributed by atoms with van der Waals surface area (Å²) in [5.41, 5.74) is 6.63. The van der Waals surface area contributed by atoms with Gasteiger partial charge in [0.2, 0.25) is 11.8 Å². The number of hydrogen-bond acceptors (Lipinski definition) is 4. The maximum atomic E-state index is 11.7. The number of hydrogen-bond donors (Lipinski definition) is 3. The summed E-state index contributed by atoms with van der Waals surface area (Å²) in [6, 6.07) is 6.90. The summed E-state index contributed by atoms with van der Waals surface area (Å²) in [6.45, 7) is 6.53. The summed E-state index contributed by atoms with van der Waals surface area (Å²) in [6.07, 6.45) is 0. The zero-order chi connectivity index (χ0) is 16.5. The van der Waals surface area contributed by atoms with Crippen molar-refractivity contribution >= 4 is 11.8 Å². The molecule has 0 radical (unpaired) electrons. The van der Waals surface area contributed by atoms with E-state index in [9.17, 15) is 9.59 Å². The Bertz CT molecular complexity index is 503. The number of nitrogens with two attached hydrogens (primary N) is 1. The van der Waals surface area contributed by atoms with Crippen molar-refractivity contribution in [3.63, 3.8) is 0 Å². The van der Waals surface area contributed by atoms with E-state index in [1.807, 2.05) is 45.0 Å². The lowest BCUT2D eigenvalue weighted by atomic mass is 10.1. The standard InChI is InChI=1S/C16H25N3O3/c1-4-22-13-7-5-6-12(8-13)9-18-14(20)10-19-16(21)15(17)11(2)3/h5-8,11,15H,4,9-10,17H2,1-3H3,(H,18,20)(H,19,21)/t15-/m0/s1. The van der Waals surface area contributed by atoms with Gasteiger partial charge in [0, 0.05) is 6.54 Å². The second-order valence-corrected chi connectivity index (χ2v) is 5.34. The zero-order valence-electron chi connectivity index (χ0n) is 13.4. The third-order valence-corrected chi connectivity index (χ3v) is 3.14. The highest BCUT2D eigenvalue weighted by Gasteiger charge is 2.17. The van der Waals surface area contributed by atoms with Gasteiger partial charge in [-0.05, 0) is 30.5 Å². The maximum Gasteiger partial charge on any atom is 0.239 e. The Morgan fingerprint density at radius 2 is 2.00 bits per heavy atom. The van der Waals surface area contributed by atoms with Crippen molar-refractivity contribution in [1.82, 2.24) is 10.6 Å². The first kappa shape index (κ1) is 18.0. The minimum Gasteiger partial charge on any atom is -0.494 e. The van der Waals surface area contributed by atoms with Crippen LogP contribution in [0.2, 0.25) is 0 Å². The lowest BCUT2D eigenvalue weighted by molar-refractivity contribution is -0.127. The van der Waals surface area contributed by atoms with Gasteiger partial charge in [0.05, 0.1) is 19.2 Å². The summed E-state index contributed by atoms with van der Waals surface area (Å²) in [5, 5.41) is 5.27. The van der Waals surface area contributed by atoms with Gasteiger partial charge >= 0.3 is 0 Å². The minimum absolute atomic E-state index is 0.0318. The van der Waals surface area contributed by atoms with Crippen LogP contribution in [0.5, 0.6) is 5.75 Å². The van der Waals surface area contributed by atoms with Gasteiger partial charge in [-0.2, -0.15) is 0 Å². The normalized spacial score (nSPS) is 11.9. The van der Waals surface area contributed by atoms with Gasteiger partial charge < -0.3 is 21.1 Å². The molecule has 122 valence electrons. The van der Waals surface area contributed by atoms with Gasteiger partial charge in [-0.15, -0.1) is 0 Å². The molecule has 1 rings (SSSR count). The molecule has 0 aliphatic rings. The summed E-state index contributed by atoms with van der Waals surface area (Å²) in [7, 11) is 0. The largest absolute Gasteiger partial charge is 0.494 e. The van der Waals surface area contributed by atoms with Crippen molar-refractivity contribution in [1.29, 1.82) is 0 Å². The van der Waals surface area contributed by atoms with Crippen LogP contribution in [-0.4, -0.2) is 31.0 Å². The Balaban J connectivity index is 2.37. The van der Waals surface area contributed by atoms with E-state index in [-0.39, 0.29) is 24.3 Å². The van der Waals surface area contributed by atoms with Gasteiger partial charge in [0.25, 0.3) is 0 Å². The molecule has 0 heterocycles. The molecule has 0 aliphatic heterocycles. The van der Waals surface area contributed by atoms with E-state index in [1.165, 1.54) is 0 Å². The lowest BCUT2D eigenvalue weighted by Crippen LogP contribution is -2.47. The summed E-state index contributed by atoms with van der Waals surface area (Å²) < 4.78 is 5.40. The van der Waals surface area contributed by atoms with Gasteiger partial charge in [-0.1, -0.05) is 26.0 Å². The van der Waals surface area contributed by atoms with Gasteiger partial charge in [-0.3, -0.25) is 9.59 Å². The van der Waals surface area contributed by atoms with E-state index in [1.54, 1.807) is 0 Å². The van der Waals surface area contributed by atoms with Crippen LogP contribution in [0, 0.1) is 5.92 Å². The number of carbonyl (C=O) groups is 2. The topological polar surface area (TPSA) is 93.5 Å². The molecule has 0 aromatic heterocycles. The summed E-state index contributed by atoms with van der Waals surface area (Å²) in [4.78, 5) is 23.4. The van der Waals surface area contributed by atoms with Crippen molar-refractivity contribution in [3.8, 4) is 5.75 Å². The van der Waals surface area contributed by atoms with E-state index in [4.69, 9.17) is 10.5 Å². The van der Waals surface area contributed by atoms with Crippen LogP contribution in [0.3, 0.4) is 0 Å². The van der Waals surface area contributed by atoms with Gasteiger partial charge in [0.15, 0.2) is 0 Å². The summed E-state index contributed by atoms with van der Waals surface area (Å²) in [5.74, 6) is 0.226. The Morgan fingerprint density at radius 1 is 1.27 bits per heavy atom. The fourth-order valence-electron chi connectivity index (χ4n) is 1.76. The molecule has 1 aromatic rings. The first-order chi connectivity index (χ1) is 10.4. The third kappa shape index (κ3) is 6.13. The van der Waals surface area contributed by atoms with E-state index in [0.29, 0.717) is 13.2 Å². The van der Waals surface area contributed by atoms with E-state index < -0.39 is 6.04 Å². The molecule has 1 aromatic carbocycles. The number of ether oxygens (including phenoxy) is 1. The van der Waals surface area contributed by atoms with Crippen LogP contribution in [0.15, 0.2) is 24.3 Å². The van der Waals surface area contributed by atoms with Gasteiger partial charge in [-0.25, -0.2) is 0 Å². The molecule has 0 saturated carbocycles. The highest BCUT2D eigenvalue weighted by molar-refractivity contribution is 5.87. The predicted octanol–water partition coefficient (Wildman–Crippen LogP) is 0.801. The highest BCUT2D eigenvalue weighted by atomic mass is 16.5. The molecular formula is C16H25N3O3. The lowest BCUT2D eigenvalue weighted by Gasteiger charge is -2.15.